The maximum absolute atomic E-state index is 11.0. The molecule has 1 aliphatic rings. The van der Waals surface area contributed by atoms with Gasteiger partial charge < -0.3 is 5.11 Å². The van der Waals surface area contributed by atoms with Crippen molar-refractivity contribution >= 4 is 0 Å². The monoisotopic (exact) mass is 296 g/mol. The number of hydrogen-bond donors (Lipinski definition) is 1. The smallest absolute Gasteiger partial charge is 0.0924 e. The van der Waals surface area contributed by atoms with Crippen molar-refractivity contribution in [3.05, 3.63) is 65.5 Å². The van der Waals surface area contributed by atoms with E-state index in [4.69, 9.17) is 0 Å². The number of rotatable bonds is 3. The second kappa shape index (κ2) is 6.59. The van der Waals surface area contributed by atoms with Gasteiger partial charge in [0.1, 0.15) is 0 Å². The minimum absolute atomic E-state index is 0.727. The average molecular weight is 296 g/mol. The number of likely N-dealkylation sites (tertiary alicyclic amines) is 1. The van der Waals surface area contributed by atoms with Crippen LogP contribution in [0.1, 0.15) is 36.0 Å². The molecule has 22 heavy (non-hydrogen) atoms. The van der Waals surface area contributed by atoms with E-state index in [1.54, 1.807) is 12.4 Å². The van der Waals surface area contributed by atoms with Crippen molar-refractivity contribution in [1.29, 1.82) is 0 Å². The Hall–Kier alpha value is -1.71. The molecule has 0 aliphatic carbocycles. The van der Waals surface area contributed by atoms with E-state index in [9.17, 15) is 5.11 Å². The number of aliphatic hydroxyl groups is 1. The molecule has 116 valence electrons. The molecule has 1 unspecified atom stereocenters. The lowest BCUT2D eigenvalue weighted by molar-refractivity contribution is 0.0207. The topological polar surface area (TPSA) is 36.4 Å². The minimum Gasteiger partial charge on any atom is -0.385 e. The van der Waals surface area contributed by atoms with E-state index in [1.807, 2.05) is 12.1 Å². The van der Waals surface area contributed by atoms with E-state index in [1.165, 1.54) is 11.1 Å². The largest absolute Gasteiger partial charge is 0.385 e. The van der Waals surface area contributed by atoms with Gasteiger partial charge >= 0.3 is 0 Å². The number of pyridine rings is 1. The van der Waals surface area contributed by atoms with E-state index in [0.29, 0.717) is 0 Å². The fourth-order valence-electron chi connectivity index (χ4n) is 3.33. The standard InChI is InChI=1S/C19H24N2O/c1-16-5-2-6-17(13-16)15-21-11-4-8-19(22,9-12-21)18-7-3-10-20-14-18/h2-3,5-7,10,13-14,22H,4,8-9,11-12,15H2,1H3. The van der Waals surface area contributed by atoms with Gasteiger partial charge in [-0.3, -0.25) is 9.88 Å². The molecule has 0 radical (unpaired) electrons. The fraction of sp³-hybridized carbons (Fsp3) is 0.421. The molecule has 1 N–H and O–H groups in total. The summed E-state index contributed by atoms with van der Waals surface area (Å²) >= 11 is 0. The highest BCUT2D eigenvalue weighted by atomic mass is 16.3. The SMILES string of the molecule is Cc1cccc(CN2CCCC(O)(c3cccnc3)CC2)c1. The summed E-state index contributed by atoms with van der Waals surface area (Å²) in [5, 5.41) is 11.0. The third-order valence-corrected chi connectivity index (χ3v) is 4.59. The third-order valence-electron chi connectivity index (χ3n) is 4.59. The van der Waals surface area contributed by atoms with Crippen LogP contribution in [0.15, 0.2) is 48.8 Å². The lowest BCUT2D eigenvalue weighted by atomic mass is 9.88. The first-order valence-corrected chi connectivity index (χ1v) is 8.06. The Morgan fingerprint density at radius 3 is 2.86 bits per heavy atom. The van der Waals surface area contributed by atoms with Crippen molar-refractivity contribution < 1.29 is 5.11 Å². The lowest BCUT2D eigenvalue weighted by Crippen LogP contribution is -2.29. The van der Waals surface area contributed by atoms with Gasteiger partial charge in [0.2, 0.25) is 0 Å². The summed E-state index contributed by atoms with van der Waals surface area (Å²) in [4.78, 5) is 6.61. The molecule has 3 rings (SSSR count). The van der Waals surface area contributed by atoms with E-state index in [-0.39, 0.29) is 0 Å². The Balaban J connectivity index is 1.67. The van der Waals surface area contributed by atoms with Gasteiger partial charge in [-0.05, 0) is 44.4 Å². The van der Waals surface area contributed by atoms with E-state index < -0.39 is 5.60 Å². The molecule has 0 bridgehead atoms. The third kappa shape index (κ3) is 3.54. The van der Waals surface area contributed by atoms with Gasteiger partial charge in [0.25, 0.3) is 0 Å². The summed E-state index contributed by atoms with van der Waals surface area (Å²) in [6, 6.07) is 12.6. The van der Waals surface area contributed by atoms with Crippen molar-refractivity contribution in [2.24, 2.45) is 0 Å². The number of aryl methyl sites for hydroxylation is 1. The Bertz CT molecular complexity index is 614. The molecule has 3 heteroatoms. The molecule has 1 aliphatic heterocycles. The number of aromatic nitrogens is 1. The van der Waals surface area contributed by atoms with Crippen molar-refractivity contribution in [1.82, 2.24) is 9.88 Å². The zero-order valence-corrected chi connectivity index (χ0v) is 13.2. The van der Waals surface area contributed by atoms with Crippen LogP contribution in [-0.4, -0.2) is 28.1 Å². The number of nitrogens with zero attached hydrogens (tertiary/aromatic N) is 2. The molecule has 0 saturated carbocycles. The molecular formula is C19H24N2O. The van der Waals surface area contributed by atoms with Crippen LogP contribution in [0.5, 0.6) is 0 Å². The van der Waals surface area contributed by atoms with Gasteiger partial charge in [-0.25, -0.2) is 0 Å². The Labute approximate surface area is 132 Å². The second-order valence-corrected chi connectivity index (χ2v) is 6.39. The quantitative estimate of drug-likeness (QED) is 0.944. The lowest BCUT2D eigenvalue weighted by Gasteiger charge is -2.27. The second-order valence-electron chi connectivity index (χ2n) is 6.39. The molecule has 0 amide bonds. The fourth-order valence-corrected chi connectivity index (χ4v) is 3.33. The van der Waals surface area contributed by atoms with Gasteiger partial charge in [0, 0.05) is 31.0 Å². The van der Waals surface area contributed by atoms with Gasteiger partial charge in [-0.1, -0.05) is 35.9 Å². The first-order valence-electron chi connectivity index (χ1n) is 8.06. The van der Waals surface area contributed by atoms with Crippen LogP contribution >= 0.6 is 0 Å². The number of benzene rings is 1. The maximum Gasteiger partial charge on any atom is 0.0924 e. The van der Waals surface area contributed by atoms with Crippen LogP contribution < -0.4 is 0 Å². The zero-order valence-electron chi connectivity index (χ0n) is 13.2. The van der Waals surface area contributed by atoms with Crippen LogP contribution in [0.4, 0.5) is 0 Å². The van der Waals surface area contributed by atoms with E-state index in [0.717, 1.165) is 44.5 Å². The van der Waals surface area contributed by atoms with Crippen LogP contribution in [0.3, 0.4) is 0 Å². The summed E-state index contributed by atoms with van der Waals surface area (Å²) in [6.45, 7) is 5.05. The van der Waals surface area contributed by atoms with Crippen LogP contribution in [0, 0.1) is 6.92 Å². The Morgan fingerprint density at radius 1 is 1.18 bits per heavy atom. The summed E-state index contributed by atoms with van der Waals surface area (Å²) in [6.07, 6.45) is 6.15. The summed E-state index contributed by atoms with van der Waals surface area (Å²) < 4.78 is 0. The van der Waals surface area contributed by atoms with E-state index >= 15 is 0 Å². The molecule has 2 aromatic rings. The molecule has 2 heterocycles. The first kappa shape index (κ1) is 15.2. The zero-order chi connectivity index (χ0) is 15.4. The Kier molecular flexibility index (Phi) is 4.55. The van der Waals surface area contributed by atoms with Crippen LogP contribution in [0.25, 0.3) is 0 Å². The van der Waals surface area contributed by atoms with Crippen molar-refractivity contribution in [2.75, 3.05) is 13.1 Å². The van der Waals surface area contributed by atoms with Crippen molar-refractivity contribution in [2.45, 2.75) is 38.3 Å². The molecule has 1 fully saturated rings. The normalized spacial score (nSPS) is 23.2. The molecule has 1 saturated heterocycles. The van der Waals surface area contributed by atoms with Gasteiger partial charge in [0.05, 0.1) is 5.60 Å². The molecule has 3 nitrogen and oxygen atoms in total. The van der Waals surface area contributed by atoms with Crippen LogP contribution in [-0.2, 0) is 12.1 Å². The van der Waals surface area contributed by atoms with Gasteiger partial charge in [-0.2, -0.15) is 0 Å². The summed E-state index contributed by atoms with van der Waals surface area (Å²) in [5.74, 6) is 0. The Morgan fingerprint density at radius 2 is 2.09 bits per heavy atom. The summed E-state index contributed by atoms with van der Waals surface area (Å²) in [5.41, 5.74) is 2.88. The molecule has 1 aromatic carbocycles. The van der Waals surface area contributed by atoms with Gasteiger partial charge in [0.15, 0.2) is 0 Å². The average Bonchev–Trinajstić information content (AvgIpc) is 2.71. The highest BCUT2D eigenvalue weighted by Crippen LogP contribution is 2.32. The van der Waals surface area contributed by atoms with E-state index in [2.05, 4.69) is 41.1 Å². The first-order chi connectivity index (χ1) is 10.7. The molecule has 0 spiro atoms. The predicted molar refractivity (Wildman–Crippen MR) is 88.4 cm³/mol. The minimum atomic E-state index is -0.727. The number of hydrogen-bond acceptors (Lipinski definition) is 3. The van der Waals surface area contributed by atoms with Crippen LogP contribution in [0.2, 0.25) is 0 Å². The highest BCUT2D eigenvalue weighted by Gasteiger charge is 2.32. The van der Waals surface area contributed by atoms with Crippen molar-refractivity contribution in [3.8, 4) is 0 Å². The highest BCUT2D eigenvalue weighted by molar-refractivity contribution is 5.22. The molecule has 1 atom stereocenters. The van der Waals surface area contributed by atoms with Gasteiger partial charge in [-0.15, -0.1) is 0 Å². The summed E-state index contributed by atoms with van der Waals surface area (Å²) in [7, 11) is 0. The maximum atomic E-state index is 11.0. The predicted octanol–water partition coefficient (Wildman–Crippen LogP) is 3.26. The molecule has 1 aromatic heterocycles. The van der Waals surface area contributed by atoms with Crippen molar-refractivity contribution in [3.63, 3.8) is 0 Å². The molecular weight excluding hydrogens is 272 g/mol.